The minimum absolute atomic E-state index is 0.328. The highest BCUT2D eigenvalue weighted by Gasteiger charge is 2.18. The molecule has 0 unspecified atom stereocenters. The SMILES string of the molecule is CCOC(=O)c1cc2c(C)ccc(OCc3ccccn3)c2n1C. The minimum atomic E-state index is -0.328. The standard InChI is InChI=1S/C19H20N2O3/c1-4-23-19(22)16-11-15-13(2)8-9-17(18(15)21(16)3)24-12-14-7-5-6-10-20-14/h5-11H,4,12H2,1-3H3. The van der Waals surface area contributed by atoms with Crippen molar-refractivity contribution in [2.24, 2.45) is 7.05 Å². The molecule has 2 heterocycles. The summed E-state index contributed by atoms with van der Waals surface area (Å²) in [5.74, 6) is 0.394. The van der Waals surface area contributed by atoms with E-state index >= 15 is 0 Å². The average Bonchev–Trinajstić information content (AvgIpc) is 2.94. The number of carbonyl (C=O) groups is 1. The van der Waals surface area contributed by atoms with E-state index in [4.69, 9.17) is 9.47 Å². The first-order valence-electron chi connectivity index (χ1n) is 7.90. The van der Waals surface area contributed by atoms with Crippen molar-refractivity contribution in [2.75, 3.05) is 6.61 Å². The monoisotopic (exact) mass is 324 g/mol. The molecule has 3 aromatic rings. The van der Waals surface area contributed by atoms with Gasteiger partial charge in [0, 0.05) is 18.6 Å². The van der Waals surface area contributed by atoms with Crippen LogP contribution in [0.1, 0.15) is 28.7 Å². The zero-order chi connectivity index (χ0) is 17.1. The number of aryl methyl sites for hydroxylation is 2. The molecule has 0 saturated heterocycles. The van der Waals surface area contributed by atoms with E-state index in [-0.39, 0.29) is 5.97 Å². The van der Waals surface area contributed by atoms with E-state index in [1.807, 2.05) is 54.9 Å². The molecule has 3 rings (SSSR count). The molecule has 0 radical (unpaired) electrons. The van der Waals surface area contributed by atoms with Crippen LogP contribution < -0.4 is 4.74 Å². The second-order valence-electron chi connectivity index (χ2n) is 5.56. The Morgan fingerprint density at radius 1 is 1.25 bits per heavy atom. The number of benzene rings is 1. The Labute approximate surface area is 140 Å². The summed E-state index contributed by atoms with van der Waals surface area (Å²) in [6.07, 6.45) is 1.74. The quantitative estimate of drug-likeness (QED) is 0.672. The summed E-state index contributed by atoms with van der Waals surface area (Å²) in [6, 6.07) is 11.5. The van der Waals surface area contributed by atoms with Crippen LogP contribution in [-0.4, -0.2) is 22.1 Å². The Morgan fingerprint density at radius 2 is 2.08 bits per heavy atom. The van der Waals surface area contributed by atoms with Crippen LogP contribution in [0.4, 0.5) is 0 Å². The third kappa shape index (κ3) is 2.97. The molecule has 0 fully saturated rings. The lowest BCUT2D eigenvalue weighted by Crippen LogP contribution is -2.09. The first-order valence-corrected chi connectivity index (χ1v) is 7.90. The highest BCUT2D eigenvalue weighted by Crippen LogP contribution is 2.31. The molecule has 2 aromatic heterocycles. The van der Waals surface area contributed by atoms with Gasteiger partial charge in [-0.15, -0.1) is 0 Å². The molecule has 1 aromatic carbocycles. The lowest BCUT2D eigenvalue weighted by Gasteiger charge is -2.11. The van der Waals surface area contributed by atoms with Gasteiger partial charge in [-0.2, -0.15) is 0 Å². The van der Waals surface area contributed by atoms with E-state index in [9.17, 15) is 4.79 Å². The van der Waals surface area contributed by atoms with Gasteiger partial charge in [-0.05, 0) is 43.7 Å². The number of aromatic nitrogens is 2. The van der Waals surface area contributed by atoms with E-state index in [0.717, 1.165) is 27.9 Å². The predicted octanol–water partition coefficient (Wildman–Crippen LogP) is 3.64. The topological polar surface area (TPSA) is 53.4 Å². The van der Waals surface area contributed by atoms with Gasteiger partial charge in [-0.25, -0.2) is 4.79 Å². The molecule has 124 valence electrons. The summed E-state index contributed by atoms with van der Waals surface area (Å²) in [5, 5.41) is 0.985. The van der Waals surface area contributed by atoms with E-state index < -0.39 is 0 Å². The van der Waals surface area contributed by atoms with Crippen LogP contribution in [0, 0.1) is 6.92 Å². The van der Waals surface area contributed by atoms with Gasteiger partial charge >= 0.3 is 5.97 Å². The maximum Gasteiger partial charge on any atom is 0.354 e. The van der Waals surface area contributed by atoms with Crippen molar-refractivity contribution in [1.29, 1.82) is 0 Å². The van der Waals surface area contributed by atoms with Crippen LogP contribution in [0.15, 0.2) is 42.6 Å². The fourth-order valence-corrected chi connectivity index (χ4v) is 2.72. The third-order valence-electron chi connectivity index (χ3n) is 3.96. The zero-order valence-corrected chi connectivity index (χ0v) is 14.1. The number of hydrogen-bond donors (Lipinski definition) is 0. The Balaban J connectivity index is 1.99. The molecule has 5 heteroatoms. The molecule has 0 aliphatic carbocycles. The third-order valence-corrected chi connectivity index (χ3v) is 3.96. The summed E-state index contributed by atoms with van der Waals surface area (Å²) >= 11 is 0. The Hall–Kier alpha value is -2.82. The van der Waals surface area contributed by atoms with Crippen molar-refractivity contribution < 1.29 is 14.3 Å². The molecule has 0 amide bonds. The summed E-state index contributed by atoms with van der Waals surface area (Å²) in [5.41, 5.74) is 3.34. The fourth-order valence-electron chi connectivity index (χ4n) is 2.72. The van der Waals surface area contributed by atoms with Gasteiger partial charge < -0.3 is 14.0 Å². The minimum Gasteiger partial charge on any atom is -0.485 e. The van der Waals surface area contributed by atoms with Crippen LogP contribution in [0.5, 0.6) is 5.75 Å². The van der Waals surface area contributed by atoms with Gasteiger partial charge in [0.25, 0.3) is 0 Å². The number of nitrogens with zero attached hydrogens (tertiary/aromatic N) is 2. The van der Waals surface area contributed by atoms with Gasteiger partial charge in [-0.1, -0.05) is 12.1 Å². The van der Waals surface area contributed by atoms with Gasteiger partial charge in [0.2, 0.25) is 0 Å². The van der Waals surface area contributed by atoms with Gasteiger partial charge in [0.05, 0.1) is 17.8 Å². The second kappa shape index (κ2) is 6.74. The maximum atomic E-state index is 12.1. The fraction of sp³-hybridized carbons (Fsp3) is 0.263. The molecule has 0 spiro atoms. The molecular weight excluding hydrogens is 304 g/mol. The van der Waals surface area contributed by atoms with E-state index in [1.54, 1.807) is 13.1 Å². The molecule has 0 aliphatic rings. The summed E-state index contributed by atoms with van der Waals surface area (Å²) < 4.78 is 12.9. The van der Waals surface area contributed by atoms with Crippen molar-refractivity contribution in [2.45, 2.75) is 20.5 Å². The molecular formula is C19H20N2O3. The smallest absolute Gasteiger partial charge is 0.354 e. The van der Waals surface area contributed by atoms with Crippen LogP contribution in [-0.2, 0) is 18.4 Å². The molecule has 0 saturated carbocycles. The van der Waals surface area contributed by atoms with Crippen LogP contribution >= 0.6 is 0 Å². The largest absolute Gasteiger partial charge is 0.485 e. The number of rotatable bonds is 5. The Morgan fingerprint density at radius 3 is 2.79 bits per heavy atom. The first kappa shape index (κ1) is 16.1. The molecule has 0 N–H and O–H groups in total. The van der Waals surface area contributed by atoms with Gasteiger partial charge in [0.15, 0.2) is 0 Å². The molecule has 0 aliphatic heterocycles. The molecule has 0 bridgehead atoms. The summed E-state index contributed by atoms with van der Waals surface area (Å²) in [6.45, 7) is 4.54. The summed E-state index contributed by atoms with van der Waals surface area (Å²) in [4.78, 5) is 16.4. The van der Waals surface area contributed by atoms with Gasteiger partial charge in [-0.3, -0.25) is 4.98 Å². The first-order chi connectivity index (χ1) is 11.6. The number of hydrogen-bond acceptors (Lipinski definition) is 4. The second-order valence-corrected chi connectivity index (χ2v) is 5.56. The van der Waals surface area contributed by atoms with Crippen molar-refractivity contribution in [3.8, 4) is 5.75 Å². The highest BCUT2D eigenvalue weighted by molar-refractivity contribution is 5.98. The normalized spacial score (nSPS) is 10.8. The predicted molar refractivity (Wildman–Crippen MR) is 92.2 cm³/mol. The summed E-state index contributed by atoms with van der Waals surface area (Å²) in [7, 11) is 1.85. The number of esters is 1. The average molecular weight is 324 g/mol. The van der Waals surface area contributed by atoms with Crippen molar-refractivity contribution in [3.05, 3.63) is 59.5 Å². The Bertz CT molecular complexity index is 869. The molecule has 0 atom stereocenters. The van der Waals surface area contributed by atoms with Crippen LogP contribution in [0.3, 0.4) is 0 Å². The van der Waals surface area contributed by atoms with Crippen molar-refractivity contribution in [1.82, 2.24) is 9.55 Å². The maximum absolute atomic E-state index is 12.1. The number of pyridine rings is 1. The van der Waals surface area contributed by atoms with E-state index in [1.165, 1.54) is 0 Å². The van der Waals surface area contributed by atoms with Crippen molar-refractivity contribution >= 4 is 16.9 Å². The lowest BCUT2D eigenvalue weighted by molar-refractivity contribution is 0.0516. The van der Waals surface area contributed by atoms with Gasteiger partial charge in [0.1, 0.15) is 18.1 Å². The zero-order valence-electron chi connectivity index (χ0n) is 14.1. The highest BCUT2D eigenvalue weighted by atomic mass is 16.5. The van der Waals surface area contributed by atoms with Crippen molar-refractivity contribution in [3.63, 3.8) is 0 Å². The van der Waals surface area contributed by atoms with Crippen LogP contribution in [0.2, 0.25) is 0 Å². The number of fused-ring (bicyclic) bond motifs is 1. The van der Waals surface area contributed by atoms with E-state index in [2.05, 4.69) is 4.98 Å². The van der Waals surface area contributed by atoms with Crippen LogP contribution in [0.25, 0.3) is 10.9 Å². The number of ether oxygens (including phenoxy) is 2. The van der Waals surface area contributed by atoms with E-state index in [0.29, 0.717) is 18.9 Å². The Kier molecular flexibility index (Phi) is 4.51. The lowest BCUT2D eigenvalue weighted by atomic mass is 10.1. The molecule has 24 heavy (non-hydrogen) atoms. The molecule has 5 nitrogen and oxygen atoms in total. The number of carbonyl (C=O) groups excluding carboxylic acids is 1.